The Kier molecular flexibility index (Phi) is 3.93. The van der Waals surface area contributed by atoms with Crippen LogP contribution in [-0.4, -0.2) is 9.55 Å². The first-order valence-electron chi connectivity index (χ1n) is 5.48. The summed E-state index contributed by atoms with van der Waals surface area (Å²) in [5.74, 6) is 0. The van der Waals surface area contributed by atoms with Gasteiger partial charge < -0.3 is 0 Å². The summed E-state index contributed by atoms with van der Waals surface area (Å²) in [5, 5.41) is 0. The van der Waals surface area contributed by atoms with Crippen LogP contribution in [0.15, 0.2) is 41.6 Å². The molecule has 3 nitrogen and oxygen atoms in total. The largest absolute Gasteiger partial charge is 0.294 e. The Morgan fingerprint density at radius 2 is 1.88 bits per heavy atom. The fraction of sp³-hybridized carbons (Fsp3) is 0.231. The van der Waals surface area contributed by atoms with E-state index in [0.717, 1.165) is 12.0 Å². The predicted molar refractivity (Wildman–Crippen MR) is 76.1 cm³/mol. The van der Waals surface area contributed by atoms with E-state index in [1.54, 1.807) is 17.1 Å². The molecule has 2 rings (SSSR count). The number of halogens is 1. The average molecular weight is 340 g/mol. The molecule has 0 aliphatic heterocycles. The summed E-state index contributed by atoms with van der Waals surface area (Å²) in [7, 11) is 0. The van der Waals surface area contributed by atoms with Gasteiger partial charge in [0, 0.05) is 6.20 Å². The van der Waals surface area contributed by atoms with Crippen molar-refractivity contribution in [1.82, 2.24) is 9.55 Å². The first-order chi connectivity index (χ1) is 8.20. The van der Waals surface area contributed by atoms with Crippen LogP contribution in [-0.2, 0) is 13.0 Å². The molecule has 1 heterocycles. The molecule has 0 aliphatic rings. The molecule has 0 spiro atoms. The van der Waals surface area contributed by atoms with Crippen LogP contribution in [0.3, 0.4) is 0 Å². The molecule has 1 aromatic heterocycles. The van der Waals surface area contributed by atoms with Gasteiger partial charge in [-0.2, -0.15) is 0 Å². The number of rotatable bonds is 3. The summed E-state index contributed by atoms with van der Waals surface area (Å²) in [6.45, 7) is 2.70. The summed E-state index contributed by atoms with van der Waals surface area (Å²) in [5.41, 5.74) is 2.44. The second kappa shape index (κ2) is 5.44. The van der Waals surface area contributed by atoms with Crippen molar-refractivity contribution in [3.8, 4) is 0 Å². The van der Waals surface area contributed by atoms with Crippen LogP contribution >= 0.6 is 22.6 Å². The highest BCUT2D eigenvalue weighted by Crippen LogP contribution is 2.06. The summed E-state index contributed by atoms with van der Waals surface area (Å²) >= 11 is 2.01. The minimum atomic E-state index is 0.0140. The first-order valence-corrected chi connectivity index (χ1v) is 6.56. The van der Waals surface area contributed by atoms with Crippen LogP contribution in [0.4, 0.5) is 0 Å². The van der Waals surface area contributed by atoms with E-state index >= 15 is 0 Å². The van der Waals surface area contributed by atoms with Gasteiger partial charge in [-0.1, -0.05) is 31.2 Å². The van der Waals surface area contributed by atoms with Gasteiger partial charge in [-0.15, -0.1) is 0 Å². The molecule has 1 aromatic carbocycles. The maximum Gasteiger partial charge on any atom is 0.267 e. The maximum absolute atomic E-state index is 11.8. The lowest BCUT2D eigenvalue weighted by atomic mass is 10.1. The van der Waals surface area contributed by atoms with E-state index in [1.165, 1.54) is 5.56 Å². The Balaban J connectivity index is 2.25. The smallest absolute Gasteiger partial charge is 0.267 e. The van der Waals surface area contributed by atoms with E-state index in [-0.39, 0.29) is 5.56 Å². The van der Waals surface area contributed by atoms with Gasteiger partial charge in [0.1, 0.15) is 0 Å². The van der Waals surface area contributed by atoms with E-state index < -0.39 is 0 Å². The quantitative estimate of drug-likeness (QED) is 0.805. The first kappa shape index (κ1) is 12.3. The second-order valence-electron chi connectivity index (χ2n) is 3.84. The zero-order valence-corrected chi connectivity index (χ0v) is 11.7. The second-order valence-corrected chi connectivity index (χ2v) is 5.01. The molecule has 0 amide bonds. The highest BCUT2D eigenvalue weighted by molar-refractivity contribution is 14.1. The molecule has 0 saturated carbocycles. The lowest BCUT2D eigenvalue weighted by molar-refractivity contribution is 0.730. The molecule has 0 N–H and O–H groups in total. The number of hydrogen-bond acceptors (Lipinski definition) is 2. The molecular weight excluding hydrogens is 327 g/mol. The van der Waals surface area contributed by atoms with E-state index in [4.69, 9.17) is 0 Å². The highest BCUT2D eigenvalue weighted by Gasteiger charge is 2.01. The molecule has 88 valence electrons. The Morgan fingerprint density at radius 3 is 2.53 bits per heavy atom. The van der Waals surface area contributed by atoms with Crippen molar-refractivity contribution >= 4 is 22.6 Å². The van der Waals surface area contributed by atoms with Crippen LogP contribution in [0.5, 0.6) is 0 Å². The Hall–Kier alpha value is -1.17. The van der Waals surface area contributed by atoms with Crippen molar-refractivity contribution in [3.05, 3.63) is 61.8 Å². The molecule has 0 aliphatic carbocycles. The fourth-order valence-electron chi connectivity index (χ4n) is 1.61. The van der Waals surface area contributed by atoms with Crippen LogP contribution in [0, 0.1) is 3.57 Å². The van der Waals surface area contributed by atoms with Crippen LogP contribution in [0.1, 0.15) is 18.1 Å². The summed E-state index contributed by atoms with van der Waals surface area (Å²) in [6.07, 6.45) is 4.20. The van der Waals surface area contributed by atoms with Crippen LogP contribution in [0.25, 0.3) is 0 Å². The third-order valence-corrected chi connectivity index (χ3v) is 3.38. The van der Waals surface area contributed by atoms with Gasteiger partial charge >= 0.3 is 0 Å². The van der Waals surface area contributed by atoms with E-state index in [2.05, 4.69) is 36.2 Å². The van der Waals surface area contributed by atoms with Gasteiger partial charge in [0.2, 0.25) is 0 Å². The molecule has 0 bridgehead atoms. The third-order valence-electron chi connectivity index (χ3n) is 2.64. The summed E-state index contributed by atoms with van der Waals surface area (Å²) in [6, 6.07) is 8.32. The molecule has 0 atom stereocenters. The number of aryl methyl sites for hydroxylation is 1. The molecule has 0 radical (unpaired) electrons. The monoisotopic (exact) mass is 340 g/mol. The number of nitrogens with zero attached hydrogens (tertiary/aromatic N) is 2. The number of hydrogen-bond donors (Lipinski definition) is 0. The summed E-state index contributed by atoms with van der Waals surface area (Å²) < 4.78 is 2.28. The minimum absolute atomic E-state index is 0.0140. The van der Waals surface area contributed by atoms with Crippen molar-refractivity contribution in [2.24, 2.45) is 0 Å². The van der Waals surface area contributed by atoms with Crippen molar-refractivity contribution in [2.75, 3.05) is 0 Å². The molecule has 4 heteroatoms. The van der Waals surface area contributed by atoms with Crippen molar-refractivity contribution in [3.63, 3.8) is 0 Å². The lowest BCUT2D eigenvalue weighted by Gasteiger charge is -2.06. The maximum atomic E-state index is 11.8. The molecule has 0 fully saturated rings. The van der Waals surface area contributed by atoms with Gasteiger partial charge in [0.15, 0.2) is 0 Å². The summed E-state index contributed by atoms with van der Waals surface area (Å²) in [4.78, 5) is 15.8. The minimum Gasteiger partial charge on any atom is -0.294 e. The van der Waals surface area contributed by atoms with E-state index in [1.807, 2.05) is 22.6 Å². The van der Waals surface area contributed by atoms with Gasteiger partial charge in [-0.25, -0.2) is 4.98 Å². The van der Waals surface area contributed by atoms with Crippen molar-refractivity contribution in [1.29, 1.82) is 0 Å². The van der Waals surface area contributed by atoms with Gasteiger partial charge in [0.25, 0.3) is 5.56 Å². The lowest BCUT2D eigenvalue weighted by Crippen LogP contribution is -2.22. The molecule has 0 saturated heterocycles. The Labute approximate surface area is 114 Å². The molecule has 0 unspecified atom stereocenters. The Morgan fingerprint density at radius 1 is 1.24 bits per heavy atom. The third kappa shape index (κ3) is 2.94. The molecule has 17 heavy (non-hydrogen) atoms. The Bertz CT molecular complexity index is 560. The molecule has 2 aromatic rings. The zero-order valence-electron chi connectivity index (χ0n) is 9.56. The number of aromatic nitrogens is 2. The van der Waals surface area contributed by atoms with E-state index in [0.29, 0.717) is 10.1 Å². The topological polar surface area (TPSA) is 34.9 Å². The fourth-order valence-corrected chi connectivity index (χ4v) is 2.08. The zero-order chi connectivity index (χ0) is 12.3. The van der Waals surface area contributed by atoms with Gasteiger partial charge in [-0.05, 0) is 40.1 Å². The van der Waals surface area contributed by atoms with Crippen LogP contribution < -0.4 is 5.56 Å². The number of benzene rings is 1. The van der Waals surface area contributed by atoms with Crippen molar-refractivity contribution in [2.45, 2.75) is 19.9 Å². The standard InChI is InChI=1S/C13H13IN2O/c1-2-10-3-5-11(6-4-10)8-16-9-15-7-12(14)13(16)17/h3-7,9H,2,8H2,1H3. The molecular formula is C13H13IN2O. The van der Waals surface area contributed by atoms with Crippen LogP contribution in [0.2, 0.25) is 0 Å². The van der Waals surface area contributed by atoms with Crippen molar-refractivity contribution < 1.29 is 0 Å². The normalized spacial score (nSPS) is 10.5. The predicted octanol–water partition coefficient (Wildman–Crippen LogP) is 2.46. The van der Waals surface area contributed by atoms with Gasteiger partial charge in [-0.3, -0.25) is 9.36 Å². The average Bonchev–Trinajstić information content (AvgIpc) is 2.36. The highest BCUT2D eigenvalue weighted by atomic mass is 127. The van der Waals surface area contributed by atoms with Gasteiger partial charge in [0.05, 0.1) is 16.4 Å². The van der Waals surface area contributed by atoms with E-state index in [9.17, 15) is 4.79 Å². The SMILES string of the molecule is CCc1ccc(Cn2cncc(I)c2=O)cc1.